The van der Waals surface area contributed by atoms with E-state index in [-0.39, 0.29) is 29.4 Å². The molecule has 1 unspecified atom stereocenters. The van der Waals surface area contributed by atoms with Crippen LogP contribution in [0.25, 0.3) is 0 Å². The fourth-order valence-electron chi connectivity index (χ4n) is 3.12. The topological polar surface area (TPSA) is 83.5 Å². The van der Waals surface area contributed by atoms with Gasteiger partial charge in [-0.15, -0.1) is 0 Å². The molecule has 1 N–H and O–H groups in total. The van der Waals surface area contributed by atoms with Crippen molar-refractivity contribution < 1.29 is 18.0 Å². The Labute approximate surface area is 118 Å². The first-order valence-electron chi connectivity index (χ1n) is 7.24. The second-order valence-electron chi connectivity index (χ2n) is 6.15. The maximum absolute atomic E-state index is 12.4. The number of hydrogen-bond acceptors (Lipinski definition) is 4. The van der Waals surface area contributed by atoms with Gasteiger partial charge in [0, 0.05) is 19.1 Å². The average Bonchev–Trinajstić information content (AvgIpc) is 2.87. The van der Waals surface area contributed by atoms with Crippen LogP contribution in [0.3, 0.4) is 0 Å². The van der Waals surface area contributed by atoms with E-state index in [9.17, 15) is 18.0 Å². The molecule has 0 spiro atoms. The number of carbonyl (C=O) groups is 2. The Balaban J connectivity index is 1.63. The molecule has 3 fully saturated rings. The molecule has 3 aliphatic rings. The Bertz CT molecular complexity index is 533. The third kappa shape index (κ3) is 2.43. The monoisotopic (exact) mass is 300 g/mol. The molecule has 7 heteroatoms. The minimum absolute atomic E-state index is 0.00667. The summed E-state index contributed by atoms with van der Waals surface area (Å²) in [4.78, 5) is 26.5. The molecule has 0 bridgehead atoms. The first-order chi connectivity index (χ1) is 9.43. The van der Waals surface area contributed by atoms with Crippen LogP contribution in [0, 0.1) is 5.41 Å². The lowest BCUT2D eigenvalue weighted by atomic mass is 10.0. The Kier molecular flexibility index (Phi) is 3.27. The van der Waals surface area contributed by atoms with Gasteiger partial charge in [0.05, 0.1) is 11.5 Å². The fraction of sp³-hybridized carbons (Fsp3) is 0.846. The summed E-state index contributed by atoms with van der Waals surface area (Å²) in [5, 5.41) is 2.78. The van der Waals surface area contributed by atoms with Crippen molar-refractivity contribution in [3.05, 3.63) is 0 Å². The van der Waals surface area contributed by atoms with Gasteiger partial charge in [0.1, 0.15) is 5.41 Å². The van der Waals surface area contributed by atoms with Gasteiger partial charge in [-0.2, -0.15) is 0 Å². The molecule has 1 aliphatic carbocycles. The van der Waals surface area contributed by atoms with Crippen molar-refractivity contribution in [1.82, 2.24) is 10.2 Å². The third-order valence-corrected chi connectivity index (χ3v) is 6.32. The number of sulfone groups is 1. The van der Waals surface area contributed by atoms with Crippen LogP contribution in [0.1, 0.15) is 32.1 Å². The highest BCUT2D eigenvalue weighted by atomic mass is 32.2. The zero-order valence-electron chi connectivity index (χ0n) is 11.4. The predicted octanol–water partition coefficient (Wildman–Crippen LogP) is -0.308. The summed E-state index contributed by atoms with van der Waals surface area (Å²) < 4.78 is 22.8. The number of rotatable bonds is 3. The van der Waals surface area contributed by atoms with Crippen LogP contribution >= 0.6 is 0 Å². The standard InChI is InChI=1S/C13H20N2O4S/c16-11(14-10-3-8-20(18,19)9-10)13(4-5-13)12(17)15-6-1-2-7-15/h10H,1-9H2,(H,14,16). The highest BCUT2D eigenvalue weighted by molar-refractivity contribution is 7.91. The maximum atomic E-state index is 12.4. The number of carbonyl (C=O) groups excluding carboxylic acids is 2. The lowest BCUT2D eigenvalue weighted by Gasteiger charge is -2.23. The minimum Gasteiger partial charge on any atom is -0.351 e. The van der Waals surface area contributed by atoms with Crippen molar-refractivity contribution >= 4 is 21.7 Å². The van der Waals surface area contributed by atoms with Crippen LogP contribution in [-0.4, -0.2) is 55.8 Å². The second-order valence-corrected chi connectivity index (χ2v) is 8.38. The van der Waals surface area contributed by atoms with Crippen LogP contribution in [-0.2, 0) is 19.4 Å². The lowest BCUT2D eigenvalue weighted by molar-refractivity contribution is -0.143. The van der Waals surface area contributed by atoms with Crippen LogP contribution < -0.4 is 5.32 Å². The van der Waals surface area contributed by atoms with E-state index in [2.05, 4.69) is 5.32 Å². The smallest absolute Gasteiger partial charge is 0.238 e. The molecule has 6 nitrogen and oxygen atoms in total. The first-order valence-corrected chi connectivity index (χ1v) is 9.06. The molecular weight excluding hydrogens is 280 g/mol. The van der Waals surface area contributed by atoms with Gasteiger partial charge in [0.2, 0.25) is 11.8 Å². The van der Waals surface area contributed by atoms with Crippen molar-refractivity contribution in [3.8, 4) is 0 Å². The molecule has 0 aromatic carbocycles. The normalized spacial score (nSPS) is 30.2. The predicted molar refractivity (Wildman–Crippen MR) is 72.7 cm³/mol. The van der Waals surface area contributed by atoms with Gasteiger partial charge >= 0.3 is 0 Å². The summed E-state index contributed by atoms with van der Waals surface area (Å²) in [7, 11) is -3.01. The Morgan fingerprint density at radius 2 is 1.80 bits per heavy atom. The quantitative estimate of drug-likeness (QED) is 0.725. The maximum Gasteiger partial charge on any atom is 0.238 e. The van der Waals surface area contributed by atoms with Gasteiger partial charge in [-0.25, -0.2) is 8.42 Å². The van der Waals surface area contributed by atoms with Gasteiger partial charge in [0.25, 0.3) is 0 Å². The van der Waals surface area contributed by atoms with E-state index in [4.69, 9.17) is 0 Å². The summed E-state index contributed by atoms with van der Waals surface area (Å²) >= 11 is 0. The van der Waals surface area contributed by atoms with E-state index in [1.54, 1.807) is 4.90 Å². The highest BCUT2D eigenvalue weighted by Crippen LogP contribution is 2.48. The van der Waals surface area contributed by atoms with Gasteiger partial charge in [-0.05, 0) is 32.1 Å². The molecule has 3 rings (SSSR count). The van der Waals surface area contributed by atoms with E-state index >= 15 is 0 Å². The zero-order chi connectivity index (χ0) is 14.4. The lowest BCUT2D eigenvalue weighted by Crippen LogP contribution is -2.47. The van der Waals surface area contributed by atoms with Crippen molar-refractivity contribution in [3.63, 3.8) is 0 Å². The van der Waals surface area contributed by atoms with E-state index in [0.717, 1.165) is 25.9 Å². The van der Waals surface area contributed by atoms with Gasteiger partial charge < -0.3 is 10.2 Å². The number of nitrogens with zero attached hydrogens (tertiary/aromatic N) is 1. The largest absolute Gasteiger partial charge is 0.351 e. The molecule has 0 aromatic rings. The van der Waals surface area contributed by atoms with Crippen LogP contribution in [0.15, 0.2) is 0 Å². The van der Waals surface area contributed by atoms with Crippen molar-refractivity contribution in [2.45, 2.75) is 38.1 Å². The summed E-state index contributed by atoms with van der Waals surface area (Å²) in [6, 6.07) is -0.323. The van der Waals surface area contributed by atoms with Gasteiger partial charge in [0.15, 0.2) is 9.84 Å². The molecule has 0 radical (unpaired) electrons. The van der Waals surface area contributed by atoms with E-state index in [0.29, 0.717) is 19.3 Å². The van der Waals surface area contributed by atoms with Crippen LogP contribution in [0.2, 0.25) is 0 Å². The molecule has 2 heterocycles. The number of amides is 2. The summed E-state index contributed by atoms with van der Waals surface area (Å²) in [5.41, 5.74) is -0.892. The van der Waals surface area contributed by atoms with E-state index in [1.807, 2.05) is 0 Å². The third-order valence-electron chi connectivity index (χ3n) is 4.55. The van der Waals surface area contributed by atoms with Crippen LogP contribution in [0.5, 0.6) is 0 Å². The first kappa shape index (κ1) is 13.9. The van der Waals surface area contributed by atoms with Gasteiger partial charge in [-0.1, -0.05) is 0 Å². The Morgan fingerprint density at radius 1 is 1.15 bits per heavy atom. The SMILES string of the molecule is O=C(NC1CCS(=O)(=O)C1)C1(C(=O)N2CCCC2)CC1. The molecule has 20 heavy (non-hydrogen) atoms. The summed E-state index contributed by atoms with van der Waals surface area (Å²) in [6.45, 7) is 1.48. The molecule has 0 aromatic heterocycles. The Hall–Kier alpha value is -1.11. The molecule has 2 saturated heterocycles. The van der Waals surface area contributed by atoms with E-state index in [1.165, 1.54) is 0 Å². The Morgan fingerprint density at radius 3 is 2.30 bits per heavy atom. The second kappa shape index (κ2) is 4.72. The average molecular weight is 300 g/mol. The fourth-order valence-corrected chi connectivity index (χ4v) is 4.79. The summed E-state index contributed by atoms with van der Waals surface area (Å²) in [6.07, 6.45) is 3.65. The molecule has 1 atom stereocenters. The molecule has 2 amide bonds. The molecule has 112 valence electrons. The molecule has 1 saturated carbocycles. The summed E-state index contributed by atoms with van der Waals surface area (Å²) in [5.74, 6) is -0.192. The minimum atomic E-state index is -3.01. The number of nitrogens with one attached hydrogen (secondary N) is 1. The van der Waals surface area contributed by atoms with Gasteiger partial charge in [-0.3, -0.25) is 9.59 Å². The number of likely N-dealkylation sites (tertiary alicyclic amines) is 1. The highest BCUT2D eigenvalue weighted by Gasteiger charge is 2.58. The van der Waals surface area contributed by atoms with Crippen molar-refractivity contribution in [2.24, 2.45) is 5.41 Å². The zero-order valence-corrected chi connectivity index (χ0v) is 12.2. The number of hydrogen-bond donors (Lipinski definition) is 1. The molecule has 2 aliphatic heterocycles. The molecular formula is C13H20N2O4S. The van der Waals surface area contributed by atoms with Crippen molar-refractivity contribution in [2.75, 3.05) is 24.6 Å². The van der Waals surface area contributed by atoms with E-state index < -0.39 is 15.3 Å². The van der Waals surface area contributed by atoms with Crippen LogP contribution in [0.4, 0.5) is 0 Å². The van der Waals surface area contributed by atoms with Crippen molar-refractivity contribution in [1.29, 1.82) is 0 Å².